The summed E-state index contributed by atoms with van der Waals surface area (Å²) in [5.74, 6) is 2.41. The second-order valence-electron chi connectivity index (χ2n) is 5.77. The molecule has 3 aromatic rings. The van der Waals surface area contributed by atoms with Gasteiger partial charge in [-0.3, -0.25) is 4.40 Å². The van der Waals surface area contributed by atoms with Crippen LogP contribution < -0.4 is 4.90 Å². The molecule has 1 aliphatic heterocycles. The summed E-state index contributed by atoms with van der Waals surface area (Å²) in [4.78, 5) is 6.65. The molecule has 23 heavy (non-hydrogen) atoms. The van der Waals surface area contributed by atoms with Gasteiger partial charge in [0.25, 0.3) is 0 Å². The Morgan fingerprint density at radius 3 is 2.70 bits per heavy atom. The second kappa shape index (κ2) is 5.69. The Hall–Kier alpha value is -2.94. The molecular weight excluding hydrogens is 288 g/mol. The molecule has 0 aromatic carbocycles. The fourth-order valence-corrected chi connectivity index (χ4v) is 3.14. The van der Waals surface area contributed by atoms with E-state index in [1.54, 1.807) is 6.20 Å². The molecule has 0 unspecified atom stereocenters. The van der Waals surface area contributed by atoms with Crippen molar-refractivity contribution in [3.8, 4) is 6.07 Å². The number of anilines is 1. The highest BCUT2D eigenvalue weighted by molar-refractivity contribution is 5.43. The van der Waals surface area contributed by atoms with Crippen LogP contribution in [0.1, 0.15) is 30.1 Å². The summed E-state index contributed by atoms with van der Waals surface area (Å²) in [5.41, 5.74) is 1.50. The van der Waals surface area contributed by atoms with Crippen LogP contribution >= 0.6 is 0 Å². The summed E-state index contributed by atoms with van der Waals surface area (Å²) in [6.45, 7) is 1.87. The van der Waals surface area contributed by atoms with Crippen molar-refractivity contribution in [3.63, 3.8) is 0 Å². The predicted octanol–water partition coefficient (Wildman–Crippen LogP) is 2.38. The zero-order chi connectivity index (χ0) is 15.6. The van der Waals surface area contributed by atoms with Gasteiger partial charge in [-0.25, -0.2) is 4.98 Å². The molecule has 6 heteroatoms. The van der Waals surface area contributed by atoms with Crippen molar-refractivity contribution in [1.82, 2.24) is 19.6 Å². The Bertz CT molecular complexity index is 853. The van der Waals surface area contributed by atoms with Crippen LogP contribution in [0.3, 0.4) is 0 Å². The van der Waals surface area contributed by atoms with Crippen LogP contribution in [-0.2, 0) is 0 Å². The highest BCUT2D eigenvalue weighted by atomic mass is 15.3. The third-order valence-electron chi connectivity index (χ3n) is 4.40. The smallest absolute Gasteiger partial charge is 0.160 e. The van der Waals surface area contributed by atoms with E-state index >= 15 is 0 Å². The average molecular weight is 304 g/mol. The molecule has 0 spiro atoms. The Morgan fingerprint density at radius 1 is 1.09 bits per heavy atom. The molecule has 0 aliphatic carbocycles. The summed E-state index contributed by atoms with van der Waals surface area (Å²) >= 11 is 0. The van der Waals surface area contributed by atoms with Gasteiger partial charge in [-0.1, -0.05) is 6.07 Å². The molecule has 0 N–H and O–H groups in total. The van der Waals surface area contributed by atoms with Gasteiger partial charge < -0.3 is 4.90 Å². The van der Waals surface area contributed by atoms with E-state index in [2.05, 4.69) is 30.6 Å². The lowest BCUT2D eigenvalue weighted by molar-refractivity contribution is 0.480. The molecule has 0 bridgehead atoms. The van der Waals surface area contributed by atoms with Crippen molar-refractivity contribution >= 4 is 11.5 Å². The average Bonchev–Trinajstić information content (AvgIpc) is 3.06. The highest BCUT2D eigenvalue weighted by Gasteiger charge is 2.25. The third-order valence-corrected chi connectivity index (χ3v) is 4.40. The van der Waals surface area contributed by atoms with E-state index in [0.29, 0.717) is 11.5 Å². The third kappa shape index (κ3) is 2.50. The van der Waals surface area contributed by atoms with Crippen molar-refractivity contribution < 1.29 is 0 Å². The van der Waals surface area contributed by atoms with Crippen LogP contribution in [0.2, 0.25) is 0 Å². The van der Waals surface area contributed by atoms with E-state index in [1.165, 1.54) is 0 Å². The Morgan fingerprint density at radius 2 is 1.96 bits per heavy atom. The number of piperidine rings is 1. The fraction of sp³-hybridized carbons (Fsp3) is 0.294. The van der Waals surface area contributed by atoms with Gasteiger partial charge in [0.1, 0.15) is 17.7 Å². The van der Waals surface area contributed by atoms with E-state index in [-0.39, 0.29) is 0 Å². The standard InChI is InChI=1S/C17H16N6/c18-11-13-4-5-15(19-12-13)22-9-6-14(7-10-22)17-21-20-16-3-1-2-8-23(16)17/h1-5,8,12,14H,6-7,9-10H2. The Kier molecular flexibility index (Phi) is 3.39. The molecule has 4 heterocycles. The van der Waals surface area contributed by atoms with E-state index in [1.807, 2.05) is 36.5 Å². The normalized spacial score (nSPS) is 15.7. The van der Waals surface area contributed by atoms with E-state index in [9.17, 15) is 0 Å². The first-order chi connectivity index (χ1) is 11.3. The minimum atomic E-state index is 0.419. The maximum absolute atomic E-state index is 8.85. The number of nitrogens with zero attached hydrogens (tertiary/aromatic N) is 6. The summed E-state index contributed by atoms with van der Waals surface area (Å²) in [6, 6.07) is 11.8. The number of fused-ring (bicyclic) bond motifs is 1. The van der Waals surface area contributed by atoms with Gasteiger partial charge in [0.05, 0.1) is 5.56 Å². The lowest BCUT2D eigenvalue weighted by Crippen LogP contribution is -2.34. The maximum atomic E-state index is 8.85. The zero-order valence-electron chi connectivity index (χ0n) is 12.6. The predicted molar refractivity (Wildman–Crippen MR) is 86.1 cm³/mol. The SMILES string of the molecule is N#Cc1ccc(N2CCC(c3nnc4ccccn34)CC2)nc1. The molecular formula is C17H16N6. The van der Waals surface area contributed by atoms with Crippen LogP contribution in [0.15, 0.2) is 42.7 Å². The molecule has 0 amide bonds. The number of rotatable bonds is 2. The van der Waals surface area contributed by atoms with Crippen LogP contribution in [0.25, 0.3) is 5.65 Å². The van der Waals surface area contributed by atoms with Crippen LogP contribution in [0, 0.1) is 11.3 Å². The molecule has 4 rings (SSSR count). The zero-order valence-corrected chi connectivity index (χ0v) is 12.6. The number of hydrogen-bond acceptors (Lipinski definition) is 5. The first-order valence-electron chi connectivity index (χ1n) is 7.76. The molecule has 114 valence electrons. The molecule has 1 saturated heterocycles. The van der Waals surface area contributed by atoms with E-state index < -0.39 is 0 Å². The van der Waals surface area contributed by atoms with Gasteiger partial charge in [-0.2, -0.15) is 5.26 Å². The van der Waals surface area contributed by atoms with Crippen LogP contribution in [-0.4, -0.2) is 32.7 Å². The molecule has 0 saturated carbocycles. The summed E-state index contributed by atoms with van der Waals surface area (Å²) in [6.07, 6.45) is 5.71. The fourth-order valence-electron chi connectivity index (χ4n) is 3.14. The Labute approximate surface area is 134 Å². The van der Waals surface area contributed by atoms with Gasteiger partial charge in [-0.15, -0.1) is 10.2 Å². The van der Waals surface area contributed by atoms with Gasteiger partial charge in [0, 0.05) is 31.4 Å². The second-order valence-corrected chi connectivity index (χ2v) is 5.77. The lowest BCUT2D eigenvalue weighted by Gasteiger charge is -2.32. The molecule has 6 nitrogen and oxygen atoms in total. The lowest BCUT2D eigenvalue weighted by atomic mass is 9.96. The van der Waals surface area contributed by atoms with E-state index in [4.69, 9.17) is 5.26 Å². The van der Waals surface area contributed by atoms with Gasteiger partial charge >= 0.3 is 0 Å². The topological polar surface area (TPSA) is 70.1 Å². The molecule has 0 radical (unpaired) electrons. The first kappa shape index (κ1) is 13.7. The highest BCUT2D eigenvalue weighted by Crippen LogP contribution is 2.29. The molecule has 1 fully saturated rings. The van der Waals surface area contributed by atoms with Crippen molar-refractivity contribution in [3.05, 3.63) is 54.1 Å². The first-order valence-corrected chi connectivity index (χ1v) is 7.76. The molecule has 0 atom stereocenters. The summed E-state index contributed by atoms with van der Waals surface area (Å²) in [7, 11) is 0. The van der Waals surface area contributed by atoms with Crippen LogP contribution in [0.4, 0.5) is 5.82 Å². The van der Waals surface area contributed by atoms with Gasteiger partial charge in [-0.05, 0) is 37.1 Å². The van der Waals surface area contributed by atoms with Gasteiger partial charge in [0.15, 0.2) is 5.65 Å². The number of aromatic nitrogens is 4. The van der Waals surface area contributed by atoms with E-state index in [0.717, 1.165) is 43.2 Å². The van der Waals surface area contributed by atoms with Crippen molar-refractivity contribution in [1.29, 1.82) is 5.26 Å². The molecule has 1 aliphatic rings. The Balaban J connectivity index is 1.49. The van der Waals surface area contributed by atoms with Crippen molar-refractivity contribution in [2.24, 2.45) is 0 Å². The number of pyridine rings is 2. The number of hydrogen-bond donors (Lipinski definition) is 0. The summed E-state index contributed by atoms with van der Waals surface area (Å²) in [5, 5.41) is 17.5. The van der Waals surface area contributed by atoms with Gasteiger partial charge in [0.2, 0.25) is 0 Å². The maximum Gasteiger partial charge on any atom is 0.160 e. The van der Waals surface area contributed by atoms with Crippen LogP contribution in [0.5, 0.6) is 0 Å². The minimum absolute atomic E-state index is 0.419. The van der Waals surface area contributed by atoms with Crippen molar-refractivity contribution in [2.75, 3.05) is 18.0 Å². The minimum Gasteiger partial charge on any atom is -0.357 e. The summed E-state index contributed by atoms with van der Waals surface area (Å²) < 4.78 is 2.08. The van der Waals surface area contributed by atoms with Crippen molar-refractivity contribution in [2.45, 2.75) is 18.8 Å². The monoisotopic (exact) mass is 304 g/mol. The molecule has 3 aromatic heterocycles. The quantitative estimate of drug-likeness (QED) is 0.727. The largest absolute Gasteiger partial charge is 0.357 e. The number of nitriles is 1.